The van der Waals surface area contributed by atoms with Crippen molar-refractivity contribution in [1.29, 1.82) is 0 Å². The van der Waals surface area contributed by atoms with Gasteiger partial charge in [0.2, 0.25) is 5.91 Å². The zero-order chi connectivity index (χ0) is 21.1. The van der Waals surface area contributed by atoms with Gasteiger partial charge in [0, 0.05) is 36.6 Å². The Morgan fingerprint density at radius 2 is 2.13 bits per heavy atom. The minimum atomic E-state index is -0.189. The molecule has 0 saturated carbocycles. The molecule has 8 heteroatoms. The van der Waals surface area contributed by atoms with Crippen molar-refractivity contribution in [3.8, 4) is 0 Å². The molecular formula is C22H23N5O2S. The highest BCUT2D eigenvalue weighted by Gasteiger charge is 2.41. The molecule has 1 saturated heterocycles. The molecule has 7 nitrogen and oxygen atoms in total. The summed E-state index contributed by atoms with van der Waals surface area (Å²) in [5.41, 5.74) is 4.57. The lowest BCUT2D eigenvalue weighted by molar-refractivity contribution is -0.119. The van der Waals surface area contributed by atoms with Gasteiger partial charge in [0.25, 0.3) is 0 Å². The van der Waals surface area contributed by atoms with E-state index in [0.29, 0.717) is 5.11 Å². The van der Waals surface area contributed by atoms with E-state index in [2.05, 4.69) is 31.6 Å². The topological polar surface area (TPSA) is 82.3 Å². The predicted octanol–water partition coefficient (Wildman–Crippen LogP) is 3.48. The van der Waals surface area contributed by atoms with Gasteiger partial charge >= 0.3 is 0 Å². The van der Waals surface area contributed by atoms with Crippen LogP contribution in [0.5, 0.6) is 0 Å². The number of aromatic amines is 1. The number of carbonyl (C=O) groups is 1. The van der Waals surface area contributed by atoms with E-state index in [-0.39, 0.29) is 24.6 Å². The van der Waals surface area contributed by atoms with Crippen LogP contribution in [0.2, 0.25) is 0 Å². The van der Waals surface area contributed by atoms with Gasteiger partial charge < -0.3 is 25.3 Å². The van der Waals surface area contributed by atoms with Crippen molar-refractivity contribution in [2.75, 3.05) is 23.9 Å². The minimum absolute atomic E-state index is 0.0158. The Bertz CT molecular complexity index is 1040. The van der Waals surface area contributed by atoms with Gasteiger partial charge in [-0.3, -0.25) is 9.78 Å². The van der Waals surface area contributed by atoms with Gasteiger partial charge in [0.1, 0.15) is 12.6 Å². The van der Waals surface area contributed by atoms with Crippen molar-refractivity contribution in [2.45, 2.75) is 19.0 Å². The second-order valence-corrected chi connectivity index (χ2v) is 7.49. The fraction of sp³-hybridized carbons (Fsp3) is 0.227. The number of hydrogen-bond donors (Lipinski definition) is 3. The number of hydrogen-bond acceptors (Lipinski definition) is 4. The minimum Gasteiger partial charge on any atom is -0.375 e. The number of H-pyrrole nitrogens is 1. The van der Waals surface area contributed by atoms with E-state index in [1.54, 1.807) is 6.20 Å². The number of nitrogens with one attached hydrogen (secondary N) is 3. The molecule has 0 bridgehead atoms. The maximum atomic E-state index is 11.9. The highest BCUT2D eigenvalue weighted by atomic mass is 32.1. The average Bonchev–Trinajstić information content (AvgIpc) is 3.38. The molecule has 1 aliphatic rings. The first-order valence-electron chi connectivity index (χ1n) is 9.62. The molecule has 3 heterocycles. The number of methoxy groups -OCH3 is 1. The third-order valence-electron chi connectivity index (χ3n) is 5.08. The zero-order valence-electron chi connectivity index (χ0n) is 16.8. The lowest BCUT2D eigenvalue weighted by Gasteiger charge is -2.27. The number of aromatic nitrogens is 2. The second kappa shape index (κ2) is 8.64. The molecule has 2 aromatic heterocycles. The Balaban J connectivity index is 1.69. The number of aryl methyl sites for hydroxylation is 1. The third kappa shape index (κ3) is 3.92. The van der Waals surface area contributed by atoms with E-state index in [1.165, 1.54) is 7.11 Å². The summed E-state index contributed by atoms with van der Waals surface area (Å²) in [4.78, 5) is 21.8. The zero-order valence-corrected chi connectivity index (χ0v) is 17.6. The van der Waals surface area contributed by atoms with E-state index < -0.39 is 0 Å². The number of amides is 1. The summed E-state index contributed by atoms with van der Waals surface area (Å²) in [7, 11) is 1.50. The standard InChI is InChI=1S/C22H23N5O2S/c1-14-12-15(8-9-16(14)25-19(28)13-29-2)27-21(18-7-5-11-24-18)20(26-22(27)30)17-6-3-4-10-23-17/h3-12,20-21,24H,13H2,1-2H3,(H,25,28)(H,26,30). The maximum absolute atomic E-state index is 11.9. The van der Waals surface area contributed by atoms with Crippen LogP contribution in [0.1, 0.15) is 29.0 Å². The number of nitrogens with zero attached hydrogens (tertiary/aromatic N) is 2. The van der Waals surface area contributed by atoms with Crippen molar-refractivity contribution in [1.82, 2.24) is 15.3 Å². The summed E-state index contributed by atoms with van der Waals surface area (Å²) in [6.07, 6.45) is 3.69. The molecule has 1 aliphatic heterocycles. The largest absolute Gasteiger partial charge is 0.375 e. The van der Waals surface area contributed by atoms with Gasteiger partial charge in [-0.1, -0.05) is 6.07 Å². The number of thiocarbonyl (C=S) groups is 1. The van der Waals surface area contributed by atoms with E-state index >= 15 is 0 Å². The van der Waals surface area contributed by atoms with Gasteiger partial charge in [-0.25, -0.2) is 0 Å². The van der Waals surface area contributed by atoms with E-state index in [9.17, 15) is 4.79 Å². The molecule has 2 atom stereocenters. The van der Waals surface area contributed by atoms with Crippen molar-refractivity contribution in [2.24, 2.45) is 0 Å². The molecule has 0 spiro atoms. The van der Waals surface area contributed by atoms with E-state index in [0.717, 1.165) is 28.3 Å². The molecule has 1 fully saturated rings. The molecule has 0 radical (unpaired) electrons. The molecule has 154 valence electrons. The Morgan fingerprint density at radius 3 is 2.80 bits per heavy atom. The molecule has 2 unspecified atom stereocenters. The van der Waals surface area contributed by atoms with Gasteiger partial charge in [-0.05, 0) is 67.2 Å². The number of rotatable bonds is 6. The summed E-state index contributed by atoms with van der Waals surface area (Å²) < 4.78 is 4.89. The van der Waals surface area contributed by atoms with Gasteiger partial charge in [-0.15, -0.1) is 0 Å². The normalized spacial score (nSPS) is 18.3. The average molecular weight is 422 g/mol. The SMILES string of the molecule is COCC(=O)Nc1ccc(N2C(=S)NC(c3ccccn3)C2c2ccc[nH]2)cc1C. The van der Waals surface area contributed by atoms with E-state index in [4.69, 9.17) is 17.0 Å². The van der Waals surface area contributed by atoms with E-state index in [1.807, 2.05) is 55.6 Å². The van der Waals surface area contributed by atoms with Crippen molar-refractivity contribution in [3.63, 3.8) is 0 Å². The molecule has 3 aromatic rings. The van der Waals surface area contributed by atoms with Gasteiger partial charge in [-0.2, -0.15) is 0 Å². The predicted molar refractivity (Wildman–Crippen MR) is 120 cm³/mol. The Hall–Kier alpha value is -3.23. The summed E-state index contributed by atoms with van der Waals surface area (Å²) in [5, 5.41) is 6.92. The van der Waals surface area contributed by atoms with Gasteiger partial charge in [0.15, 0.2) is 5.11 Å². The summed E-state index contributed by atoms with van der Waals surface area (Å²) in [6.45, 7) is 1.97. The number of anilines is 2. The summed E-state index contributed by atoms with van der Waals surface area (Å²) >= 11 is 5.72. The van der Waals surface area contributed by atoms with Crippen LogP contribution in [0.15, 0.2) is 60.9 Å². The fourth-order valence-electron chi connectivity index (χ4n) is 3.73. The lowest BCUT2D eigenvalue weighted by atomic mass is 10.0. The summed E-state index contributed by atoms with van der Waals surface area (Å²) in [6, 6.07) is 15.6. The first kappa shape index (κ1) is 20.1. The smallest absolute Gasteiger partial charge is 0.250 e. The molecule has 3 N–H and O–H groups in total. The molecule has 4 rings (SSSR count). The van der Waals surface area contributed by atoms with Crippen molar-refractivity contribution in [3.05, 3.63) is 77.9 Å². The van der Waals surface area contributed by atoms with Crippen LogP contribution < -0.4 is 15.5 Å². The van der Waals surface area contributed by atoms with Crippen LogP contribution in [-0.2, 0) is 9.53 Å². The fourth-order valence-corrected chi connectivity index (χ4v) is 4.08. The number of benzene rings is 1. The molecular weight excluding hydrogens is 398 g/mol. The highest BCUT2D eigenvalue weighted by molar-refractivity contribution is 7.80. The molecule has 30 heavy (non-hydrogen) atoms. The van der Waals surface area contributed by atoms with Crippen LogP contribution in [-0.4, -0.2) is 34.7 Å². The highest BCUT2D eigenvalue weighted by Crippen LogP contribution is 2.41. The Labute approximate surface area is 180 Å². The second-order valence-electron chi connectivity index (χ2n) is 7.10. The number of ether oxygens (including phenoxy) is 1. The first-order valence-corrected chi connectivity index (χ1v) is 10.0. The van der Waals surface area contributed by atoms with Crippen LogP contribution in [0, 0.1) is 6.92 Å². The van der Waals surface area contributed by atoms with Crippen molar-refractivity contribution >= 4 is 34.6 Å². The molecule has 0 aliphatic carbocycles. The van der Waals surface area contributed by atoms with Crippen molar-refractivity contribution < 1.29 is 9.53 Å². The Kier molecular flexibility index (Phi) is 5.78. The quantitative estimate of drug-likeness (QED) is 0.529. The number of carbonyl (C=O) groups excluding carboxylic acids is 1. The van der Waals surface area contributed by atoms with Crippen LogP contribution in [0.3, 0.4) is 0 Å². The van der Waals surface area contributed by atoms with Crippen LogP contribution in [0.25, 0.3) is 0 Å². The van der Waals surface area contributed by atoms with Crippen LogP contribution >= 0.6 is 12.2 Å². The maximum Gasteiger partial charge on any atom is 0.250 e. The van der Waals surface area contributed by atoms with Gasteiger partial charge in [0.05, 0.1) is 11.7 Å². The third-order valence-corrected chi connectivity index (χ3v) is 5.39. The Morgan fingerprint density at radius 1 is 1.27 bits per heavy atom. The number of pyridine rings is 1. The molecule has 1 aromatic carbocycles. The monoisotopic (exact) mass is 421 g/mol. The first-order chi connectivity index (χ1) is 14.6. The lowest BCUT2D eigenvalue weighted by Crippen LogP contribution is -2.29. The summed E-state index contributed by atoms with van der Waals surface area (Å²) in [5.74, 6) is -0.189. The molecule has 1 amide bonds. The van der Waals surface area contributed by atoms with Crippen LogP contribution in [0.4, 0.5) is 11.4 Å².